The van der Waals surface area contributed by atoms with Crippen molar-refractivity contribution in [2.24, 2.45) is 17.8 Å². The third kappa shape index (κ3) is 2.65. The first-order chi connectivity index (χ1) is 9.54. The van der Waals surface area contributed by atoms with Gasteiger partial charge >= 0.3 is 0 Å². The van der Waals surface area contributed by atoms with E-state index in [2.05, 4.69) is 33.3 Å². The number of nitrogens with one attached hydrogen (secondary N) is 1. The van der Waals surface area contributed by atoms with Crippen LogP contribution < -0.4 is 5.32 Å². The quantitative estimate of drug-likeness (QED) is 0.916. The predicted molar refractivity (Wildman–Crippen MR) is 81.2 cm³/mol. The van der Waals surface area contributed by atoms with Gasteiger partial charge in [0.2, 0.25) is 5.91 Å². The highest BCUT2D eigenvalue weighted by atomic mass is 79.9. The third-order valence-corrected chi connectivity index (χ3v) is 5.94. The fraction of sp³-hybridized carbons (Fsp3) is 0.733. The van der Waals surface area contributed by atoms with Crippen molar-refractivity contribution >= 4 is 21.8 Å². The fourth-order valence-electron chi connectivity index (χ4n) is 4.03. The minimum Gasteiger partial charge on any atom is -0.352 e. The SMILES string of the molecule is Cc1c(Br)cnn1CC(=O)N[C@@H](C)[C@@H]1C[C@H]2CC[C@H]1C2. The molecule has 2 aliphatic rings. The maximum absolute atomic E-state index is 12.2. The van der Waals surface area contributed by atoms with Crippen molar-refractivity contribution in [3.05, 3.63) is 16.4 Å². The normalized spacial score (nSPS) is 29.6. The molecular formula is C15H22BrN3O. The summed E-state index contributed by atoms with van der Waals surface area (Å²) in [6, 6.07) is 0.289. The third-order valence-electron chi connectivity index (χ3n) is 5.16. The Labute approximate surface area is 128 Å². The van der Waals surface area contributed by atoms with Crippen molar-refractivity contribution in [2.75, 3.05) is 0 Å². The second-order valence-corrected chi connectivity index (χ2v) is 7.28. The van der Waals surface area contributed by atoms with Crippen molar-refractivity contribution in [1.82, 2.24) is 15.1 Å². The Morgan fingerprint density at radius 1 is 1.55 bits per heavy atom. The molecule has 0 radical (unpaired) electrons. The van der Waals surface area contributed by atoms with Gasteiger partial charge in [-0.1, -0.05) is 6.42 Å². The second-order valence-electron chi connectivity index (χ2n) is 6.43. The van der Waals surface area contributed by atoms with Gasteiger partial charge in [0, 0.05) is 6.04 Å². The van der Waals surface area contributed by atoms with Gasteiger partial charge in [-0.05, 0) is 66.8 Å². The van der Waals surface area contributed by atoms with Gasteiger partial charge in [0.1, 0.15) is 6.54 Å². The summed E-state index contributed by atoms with van der Waals surface area (Å²) in [6.07, 6.45) is 7.19. The number of hydrogen-bond donors (Lipinski definition) is 1. The minimum absolute atomic E-state index is 0.0685. The Morgan fingerprint density at radius 2 is 2.35 bits per heavy atom. The van der Waals surface area contributed by atoms with E-state index in [1.165, 1.54) is 25.7 Å². The van der Waals surface area contributed by atoms with Crippen LogP contribution >= 0.6 is 15.9 Å². The molecule has 20 heavy (non-hydrogen) atoms. The summed E-state index contributed by atoms with van der Waals surface area (Å²) >= 11 is 3.42. The van der Waals surface area contributed by atoms with Gasteiger partial charge < -0.3 is 5.32 Å². The van der Waals surface area contributed by atoms with Crippen LogP contribution in [0, 0.1) is 24.7 Å². The molecule has 2 bridgehead atoms. The summed E-state index contributed by atoms with van der Waals surface area (Å²) in [4.78, 5) is 12.2. The highest BCUT2D eigenvalue weighted by Gasteiger charge is 2.42. The van der Waals surface area contributed by atoms with E-state index < -0.39 is 0 Å². The molecule has 1 heterocycles. The minimum atomic E-state index is 0.0685. The topological polar surface area (TPSA) is 46.9 Å². The monoisotopic (exact) mass is 339 g/mol. The van der Waals surface area contributed by atoms with Gasteiger partial charge in [-0.25, -0.2) is 0 Å². The number of amides is 1. The summed E-state index contributed by atoms with van der Waals surface area (Å²) < 4.78 is 2.69. The number of hydrogen-bond acceptors (Lipinski definition) is 2. The Kier molecular flexibility index (Phi) is 3.89. The fourth-order valence-corrected chi connectivity index (χ4v) is 4.33. The van der Waals surface area contributed by atoms with E-state index in [4.69, 9.17) is 0 Å². The molecule has 0 spiro atoms. The summed E-state index contributed by atoms with van der Waals surface area (Å²) in [5.41, 5.74) is 0.993. The number of halogens is 1. The number of rotatable bonds is 4. The van der Waals surface area contributed by atoms with E-state index in [0.717, 1.165) is 22.0 Å². The van der Waals surface area contributed by atoms with Gasteiger partial charge in [-0.15, -0.1) is 0 Å². The summed E-state index contributed by atoms with van der Waals surface area (Å²) in [6.45, 7) is 4.43. The largest absolute Gasteiger partial charge is 0.352 e. The number of fused-ring (bicyclic) bond motifs is 2. The molecule has 4 atom stereocenters. The first-order valence-electron chi connectivity index (χ1n) is 7.52. The van der Waals surface area contributed by atoms with Crippen LogP contribution in [0.25, 0.3) is 0 Å². The van der Waals surface area contributed by atoms with Crippen molar-refractivity contribution in [3.63, 3.8) is 0 Å². The van der Waals surface area contributed by atoms with Crippen molar-refractivity contribution in [2.45, 2.75) is 52.1 Å². The lowest BCUT2D eigenvalue weighted by atomic mass is 9.84. The molecule has 0 aliphatic heterocycles. The summed E-state index contributed by atoms with van der Waals surface area (Å²) in [5, 5.41) is 7.38. The first kappa shape index (κ1) is 14.1. The molecule has 1 amide bonds. The summed E-state index contributed by atoms with van der Waals surface area (Å²) in [5.74, 6) is 2.52. The van der Waals surface area contributed by atoms with Crippen LogP contribution in [0.4, 0.5) is 0 Å². The Bertz CT molecular complexity index is 513. The van der Waals surface area contributed by atoms with Crippen LogP contribution in [0.5, 0.6) is 0 Å². The molecule has 3 rings (SSSR count). The van der Waals surface area contributed by atoms with Gasteiger partial charge in [0.15, 0.2) is 0 Å². The Morgan fingerprint density at radius 3 is 2.90 bits per heavy atom. The van der Waals surface area contributed by atoms with E-state index in [1.54, 1.807) is 10.9 Å². The second kappa shape index (κ2) is 5.51. The molecule has 4 nitrogen and oxygen atoms in total. The zero-order chi connectivity index (χ0) is 14.3. The van der Waals surface area contributed by atoms with E-state index in [-0.39, 0.29) is 11.9 Å². The number of carbonyl (C=O) groups is 1. The molecule has 2 fully saturated rings. The smallest absolute Gasteiger partial charge is 0.241 e. The molecule has 1 aromatic heterocycles. The van der Waals surface area contributed by atoms with Crippen molar-refractivity contribution < 1.29 is 4.79 Å². The standard InChI is InChI=1S/C15H22BrN3O/c1-9(13-6-11-3-4-12(13)5-11)18-15(20)8-19-10(2)14(16)7-17-19/h7,9,11-13H,3-6,8H2,1-2H3,(H,18,20)/t9-,11-,12-,13-/m0/s1. The van der Waals surface area contributed by atoms with Crippen molar-refractivity contribution in [1.29, 1.82) is 0 Å². The molecule has 110 valence electrons. The molecule has 0 saturated heterocycles. The predicted octanol–water partition coefficient (Wildman–Crippen LogP) is 2.89. The molecule has 2 saturated carbocycles. The van der Waals surface area contributed by atoms with Crippen LogP contribution in [0.3, 0.4) is 0 Å². The average Bonchev–Trinajstić information content (AvgIpc) is 3.10. The molecule has 5 heteroatoms. The lowest BCUT2D eigenvalue weighted by Crippen LogP contribution is -2.41. The zero-order valence-electron chi connectivity index (χ0n) is 12.1. The van der Waals surface area contributed by atoms with E-state index in [1.807, 2.05) is 6.92 Å². The lowest BCUT2D eigenvalue weighted by Gasteiger charge is -2.28. The highest BCUT2D eigenvalue weighted by molar-refractivity contribution is 9.10. The Hall–Kier alpha value is -0.840. The maximum atomic E-state index is 12.2. The van der Waals surface area contributed by atoms with Crippen LogP contribution in [0.2, 0.25) is 0 Å². The molecule has 1 aromatic rings. The van der Waals surface area contributed by atoms with Crippen LogP contribution in [-0.2, 0) is 11.3 Å². The molecule has 0 unspecified atom stereocenters. The molecule has 0 aromatic carbocycles. The van der Waals surface area contributed by atoms with Crippen molar-refractivity contribution in [3.8, 4) is 0 Å². The van der Waals surface area contributed by atoms with E-state index in [0.29, 0.717) is 12.5 Å². The van der Waals surface area contributed by atoms with Gasteiger partial charge in [-0.3, -0.25) is 9.48 Å². The van der Waals surface area contributed by atoms with E-state index in [9.17, 15) is 4.79 Å². The number of nitrogens with zero attached hydrogens (tertiary/aromatic N) is 2. The summed E-state index contributed by atoms with van der Waals surface area (Å²) in [7, 11) is 0. The average molecular weight is 340 g/mol. The van der Waals surface area contributed by atoms with Crippen LogP contribution in [0.15, 0.2) is 10.7 Å². The lowest BCUT2D eigenvalue weighted by molar-refractivity contribution is -0.123. The van der Waals surface area contributed by atoms with Crippen LogP contribution in [0.1, 0.15) is 38.3 Å². The molecule has 2 aliphatic carbocycles. The Balaban J connectivity index is 1.55. The maximum Gasteiger partial charge on any atom is 0.241 e. The van der Waals surface area contributed by atoms with Gasteiger partial charge in [-0.2, -0.15) is 5.10 Å². The van der Waals surface area contributed by atoms with Gasteiger partial charge in [0.25, 0.3) is 0 Å². The van der Waals surface area contributed by atoms with Crippen LogP contribution in [-0.4, -0.2) is 21.7 Å². The molecular weight excluding hydrogens is 318 g/mol. The highest BCUT2D eigenvalue weighted by Crippen LogP contribution is 2.49. The zero-order valence-corrected chi connectivity index (χ0v) is 13.7. The first-order valence-corrected chi connectivity index (χ1v) is 8.31. The van der Waals surface area contributed by atoms with E-state index >= 15 is 0 Å². The number of aromatic nitrogens is 2. The molecule has 1 N–H and O–H groups in total. The number of carbonyl (C=O) groups excluding carboxylic acids is 1. The van der Waals surface area contributed by atoms with Gasteiger partial charge in [0.05, 0.1) is 16.4 Å².